The molecule has 2 heterocycles. The molecule has 0 saturated carbocycles. The van der Waals surface area contributed by atoms with Gasteiger partial charge < -0.3 is 30.7 Å². The van der Waals surface area contributed by atoms with Crippen molar-refractivity contribution in [3.8, 4) is 11.5 Å². The van der Waals surface area contributed by atoms with Crippen LogP contribution in [0.25, 0.3) is 10.8 Å². The van der Waals surface area contributed by atoms with Crippen LogP contribution in [0.4, 0.5) is 11.4 Å². The molecule has 4 aromatic carbocycles. The lowest BCUT2D eigenvalue weighted by Gasteiger charge is -2.26. The van der Waals surface area contributed by atoms with E-state index in [2.05, 4.69) is 35.1 Å². The van der Waals surface area contributed by atoms with Crippen molar-refractivity contribution in [2.75, 3.05) is 37.5 Å². The van der Waals surface area contributed by atoms with Gasteiger partial charge in [-0.1, -0.05) is 42.5 Å². The van der Waals surface area contributed by atoms with Crippen LogP contribution in [0.2, 0.25) is 0 Å². The number of rotatable bonds is 11. The molecule has 2 aliphatic heterocycles. The maximum absolute atomic E-state index is 8.93. The summed E-state index contributed by atoms with van der Waals surface area (Å²) in [5.74, 6) is 1.69. The van der Waals surface area contributed by atoms with Crippen LogP contribution in [0, 0.1) is 0 Å². The van der Waals surface area contributed by atoms with Crippen LogP contribution in [0.5, 0.6) is 11.5 Å². The number of anilines is 2. The number of hydrogen-bond acceptors (Lipinski definition) is 10. The summed E-state index contributed by atoms with van der Waals surface area (Å²) >= 11 is 1.15. The molecule has 2 unspecified atom stereocenters. The van der Waals surface area contributed by atoms with Gasteiger partial charge in [-0.3, -0.25) is 0 Å². The molecular formula is C33H39N3O6S. The van der Waals surface area contributed by atoms with Gasteiger partial charge in [0.25, 0.3) is 0 Å². The van der Waals surface area contributed by atoms with E-state index >= 15 is 0 Å². The molecule has 228 valence electrons. The lowest BCUT2D eigenvalue weighted by molar-refractivity contribution is -0.161. The number of nitrogens with one attached hydrogen (secondary N) is 2. The number of benzene rings is 4. The topological polar surface area (TPSA) is 127 Å². The first kappa shape index (κ1) is 30.9. The van der Waals surface area contributed by atoms with Gasteiger partial charge in [0.1, 0.15) is 23.7 Å². The molecule has 2 aliphatic rings. The molecule has 9 nitrogen and oxygen atoms in total. The predicted octanol–water partition coefficient (Wildman–Crippen LogP) is 5.44. The molecular weight excluding hydrogens is 566 g/mol. The number of aliphatic hydroxyl groups excluding tert-OH is 2. The Bertz CT molecular complexity index is 1470. The fraction of sp³-hybridized carbons (Fsp3) is 0.333. The lowest BCUT2D eigenvalue weighted by atomic mass is 10.0. The molecule has 0 bridgehead atoms. The molecule has 6 N–H and O–H groups in total. The molecule has 0 amide bonds. The average molecular weight is 606 g/mol. The van der Waals surface area contributed by atoms with Crippen molar-refractivity contribution in [3.63, 3.8) is 0 Å². The summed E-state index contributed by atoms with van der Waals surface area (Å²) in [5.41, 5.74) is 12.3. The third kappa shape index (κ3) is 8.99. The van der Waals surface area contributed by atoms with Crippen LogP contribution in [0.3, 0.4) is 0 Å². The summed E-state index contributed by atoms with van der Waals surface area (Å²) in [6, 6.07) is 25.9. The van der Waals surface area contributed by atoms with E-state index in [-0.39, 0.29) is 25.4 Å². The largest absolute Gasteiger partial charge is 0.489 e. The molecule has 43 heavy (non-hydrogen) atoms. The van der Waals surface area contributed by atoms with Crippen molar-refractivity contribution in [2.24, 2.45) is 0 Å². The fourth-order valence-corrected chi connectivity index (χ4v) is 5.46. The van der Waals surface area contributed by atoms with E-state index in [1.165, 1.54) is 16.5 Å². The minimum absolute atomic E-state index is 0.0608. The van der Waals surface area contributed by atoms with Gasteiger partial charge in [0, 0.05) is 35.9 Å². The lowest BCUT2D eigenvalue weighted by Crippen LogP contribution is -2.34. The molecule has 10 heteroatoms. The molecule has 0 aromatic heterocycles. The second-order valence-corrected chi connectivity index (χ2v) is 11.3. The highest BCUT2D eigenvalue weighted by molar-refractivity contribution is 7.94. The number of nitrogens with two attached hydrogens (primary N) is 1. The van der Waals surface area contributed by atoms with Crippen LogP contribution in [0.1, 0.15) is 30.4 Å². The summed E-state index contributed by atoms with van der Waals surface area (Å²) in [4.78, 5) is 6.13. The maximum Gasteiger partial charge on any atom is 0.125 e. The van der Waals surface area contributed by atoms with Gasteiger partial charge in [-0.05, 0) is 84.8 Å². The quantitative estimate of drug-likeness (QED) is 0.0496. The average Bonchev–Trinajstić information content (AvgIpc) is 3.04. The summed E-state index contributed by atoms with van der Waals surface area (Å²) in [6.07, 6.45) is 4.63. The molecule has 0 radical (unpaired) electrons. The number of hydrogen-bond donors (Lipinski definition) is 5. The van der Waals surface area contributed by atoms with E-state index in [1.54, 1.807) is 0 Å². The Hall–Kier alpha value is -3.51. The van der Waals surface area contributed by atoms with Gasteiger partial charge in [0.2, 0.25) is 0 Å². The molecule has 0 spiro atoms. The minimum atomic E-state index is -0.0608. The normalized spacial score (nSPS) is 17.1. The van der Waals surface area contributed by atoms with Crippen LogP contribution in [-0.2, 0) is 22.2 Å². The number of aliphatic hydroxyl groups is 2. The first-order valence-electron chi connectivity index (χ1n) is 14.6. The van der Waals surface area contributed by atoms with E-state index in [4.69, 9.17) is 34.7 Å². The SMILES string of the molecule is Nc1ccc2c(c1)OC(CO)CC2.OCCCNCC1CCc2ccc(NOOSc3ccc4ccccc4c3)cc2O1. The predicted molar refractivity (Wildman–Crippen MR) is 170 cm³/mol. The Morgan fingerprint density at radius 3 is 2.40 bits per heavy atom. The van der Waals surface area contributed by atoms with Gasteiger partial charge in [-0.25, -0.2) is 5.48 Å². The van der Waals surface area contributed by atoms with E-state index in [0.717, 1.165) is 84.7 Å². The number of fused-ring (bicyclic) bond motifs is 3. The van der Waals surface area contributed by atoms with E-state index in [0.29, 0.717) is 5.69 Å². The Balaban J connectivity index is 0.000000235. The third-order valence-electron chi connectivity index (χ3n) is 7.35. The fourth-order valence-electron chi connectivity index (χ4n) is 5.01. The van der Waals surface area contributed by atoms with Gasteiger partial charge in [0.05, 0.1) is 24.3 Å². The van der Waals surface area contributed by atoms with Gasteiger partial charge in [-0.2, -0.15) is 0 Å². The smallest absolute Gasteiger partial charge is 0.125 e. The molecule has 0 saturated heterocycles. The number of aryl methyl sites for hydroxylation is 2. The van der Waals surface area contributed by atoms with Crippen molar-refractivity contribution in [3.05, 3.63) is 90.0 Å². The van der Waals surface area contributed by atoms with Crippen molar-refractivity contribution in [1.82, 2.24) is 5.32 Å². The number of nitrogen functional groups attached to an aromatic ring is 1. The van der Waals surface area contributed by atoms with E-state index in [9.17, 15) is 0 Å². The zero-order chi connectivity index (χ0) is 29.9. The first-order valence-corrected chi connectivity index (χ1v) is 15.4. The van der Waals surface area contributed by atoms with Crippen LogP contribution in [-0.4, -0.2) is 48.7 Å². The van der Waals surface area contributed by atoms with Gasteiger partial charge >= 0.3 is 0 Å². The van der Waals surface area contributed by atoms with E-state index < -0.39 is 0 Å². The van der Waals surface area contributed by atoms with Crippen molar-refractivity contribution in [2.45, 2.75) is 49.2 Å². The second-order valence-electron chi connectivity index (χ2n) is 10.6. The Morgan fingerprint density at radius 1 is 0.837 bits per heavy atom. The maximum atomic E-state index is 8.93. The summed E-state index contributed by atoms with van der Waals surface area (Å²) in [5, 5.41) is 23.5. The highest BCUT2D eigenvalue weighted by Gasteiger charge is 2.20. The Morgan fingerprint density at radius 2 is 1.58 bits per heavy atom. The molecule has 2 atom stereocenters. The molecule has 0 aliphatic carbocycles. The zero-order valence-electron chi connectivity index (χ0n) is 24.0. The molecule has 6 rings (SSSR count). The van der Waals surface area contributed by atoms with Crippen molar-refractivity contribution >= 4 is 34.2 Å². The number of ether oxygens (including phenoxy) is 2. The van der Waals surface area contributed by atoms with E-state index in [1.807, 2.05) is 54.6 Å². The summed E-state index contributed by atoms with van der Waals surface area (Å²) < 4.78 is 16.9. The first-order chi connectivity index (χ1) is 21.1. The van der Waals surface area contributed by atoms with Crippen LogP contribution >= 0.6 is 12.0 Å². The second kappa shape index (κ2) is 15.8. The summed E-state index contributed by atoms with van der Waals surface area (Å²) in [7, 11) is 0. The molecule has 4 aromatic rings. The molecule has 0 fully saturated rings. The monoisotopic (exact) mass is 605 g/mol. The highest BCUT2D eigenvalue weighted by atomic mass is 32.2. The zero-order valence-corrected chi connectivity index (χ0v) is 24.9. The Labute approximate surface area is 256 Å². The Kier molecular flexibility index (Phi) is 11.4. The van der Waals surface area contributed by atoms with Crippen molar-refractivity contribution in [1.29, 1.82) is 0 Å². The third-order valence-corrected chi connectivity index (χ3v) is 7.93. The standard InChI is InChI=1S/C23H26N2O4S.C10H13NO2/c26-13-3-12-24-16-21-10-7-18-6-9-20(15-23(18)27-21)25-28-29-30-22-11-8-17-4-1-2-5-19(17)14-22;11-8-3-1-7-2-4-9(6-12)13-10(7)5-8/h1-2,4-6,8-9,11,14-15,21,24-26H,3,7,10,12-13,16H2;1,3,5,9,12H,2,4,6,11H2. The van der Waals surface area contributed by atoms with Crippen molar-refractivity contribution < 1.29 is 29.0 Å². The van der Waals surface area contributed by atoms with Gasteiger partial charge in [-0.15, -0.1) is 9.32 Å². The highest BCUT2D eigenvalue weighted by Crippen LogP contribution is 2.31. The van der Waals surface area contributed by atoms with Crippen LogP contribution in [0.15, 0.2) is 83.8 Å². The van der Waals surface area contributed by atoms with Gasteiger partial charge in [0.15, 0.2) is 0 Å². The van der Waals surface area contributed by atoms with Crippen LogP contribution < -0.4 is 26.0 Å². The summed E-state index contributed by atoms with van der Waals surface area (Å²) in [6.45, 7) is 1.86. The minimum Gasteiger partial charge on any atom is -0.489 e.